The zero-order valence-electron chi connectivity index (χ0n) is 41.9. The zero-order chi connectivity index (χ0) is 55.4. The van der Waals surface area contributed by atoms with E-state index >= 15 is 0 Å². The van der Waals surface area contributed by atoms with Crippen LogP contribution in [-0.4, -0.2) is 43.5 Å². The highest BCUT2D eigenvalue weighted by molar-refractivity contribution is 7.89. The molecule has 2 aliphatic rings. The number of benzene rings is 6. The molecule has 0 saturated carbocycles. The van der Waals surface area contributed by atoms with E-state index in [1.165, 1.54) is 34.3 Å². The Labute approximate surface area is 458 Å². The van der Waals surface area contributed by atoms with Gasteiger partial charge in [-0.15, -0.1) is 0 Å². The summed E-state index contributed by atoms with van der Waals surface area (Å²) >= 11 is 12.7. The molecule has 0 radical (unpaired) electrons. The van der Waals surface area contributed by atoms with Gasteiger partial charge in [0, 0.05) is 22.5 Å². The summed E-state index contributed by atoms with van der Waals surface area (Å²) in [5.74, 6) is 0.427. The van der Waals surface area contributed by atoms with Crippen molar-refractivity contribution in [2.75, 3.05) is 20.7 Å². The van der Waals surface area contributed by atoms with Gasteiger partial charge in [0.05, 0.1) is 71.6 Å². The predicted molar refractivity (Wildman–Crippen MR) is 303 cm³/mol. The molecule has 78 heavy (non-hydrogen) atoms. The van der Waals surface area contributed by atoms with Gasteiger partial charge < -0.3 is 19.5 Å². The Bertz CT molecular complexity index is 4040. The lowest BCUT2D eigenvalue weighted by Gasteiger charge is -2.12. The molecule has 0 unspecified atom stereocenters. The van der Waals surface area contributed by atoms with Gasteiger partial charge in [0.25, 0.3) is 23.6 Å². The Kier molecular flexibility index (Phi) is 15.3. The van der Waals surface area contributed by atoms with E-state index in [1.807, 2.05) is 56.3 Å². The highest BCUT2D eigenvalue weighted by Gasteiger charge is 2.31. The van der Waals surface area contributed by atoms with Gasteiger partial charge in [-0.05, 0) is 178 Å². The molecule has 388 valence electrons. The highest BCUT2D eigenvalue weighted by Crippen LogP contribution is 2.33. The summed E-state index contributed by atoms with van der Waals surface area (Å²) in [6.07, 6.45) is 3.20. The van der Waals surface area contributed by atoms with Crippen LogP contribution in [0.1, 0.15) is 62.8 Å². The number of carbonyl (C=O) groups is 4. The number of primary sulfonamides is 1. The molecule has 19 heteroatoms. The van der Waals surface area contributed by atoms with E-state index in [0.717, 1.165) is 11.1 Å². The fraction of sp³-hybridized carbons (Fsp3) is 0.0678. The van der Waals surface area contributed by atoms with Gasteiger partial charge in [-0.2, -0.15) is 25.5 Å². The van der Waals surface area contributed by atoms with Crippen molar-refractivity contribution in [2.45, 2.75) is 32.6 Å². The Balaban J connectivity index is 0.000000190. The first kappa shape index (κ1) is 53.4. The molecule has 8 aromatic rings. The number of nitrogens with zero attached hydrogens (tertiary/aromatic N) is 5. The molecule has 4 heterocycles. The summed E-state index contributed by atoms with van der Waals surface area (Å²) in [4.78, 5) is 52.0. The maximum Gasteiger partial charge on any atom is 0.280 e. The number of hydrogen-bond acceptors (Lipinski definition) is 11. The molecule has 4 amide bonds. The number of amides is 4. The second kappa shape index (κ2) is 22.4. The number of rotatable bonds is 11. The van der Waals surface area contributed by atoms with Crippen LogP contribution in [0.15, 0.2) is 193 Å². The maximum atomic E-state index is 13.1. The van der Waals surface area contributed by atoms with Crippen molar-refractivity contribution in [2.24, 2.45) is 15.3 Å². The lowest BCUT2D eigenvalue weighted by Crippen LogP contribution is -2.21. The molecule has 10 rings (SSSR count). The summed E-state index contributed by atoms with van der Waals surface area (Å²) in [6.45, 7) is 7.30. The minimum absolute atomic E-state index is 0.0690. The summed E-state index contributed by atoms with van der Waals surface area (Å²) in [6, 6.07) is 46.2. The number of carbonyl (C=O) groups excluding carboxylic acids is 4. The first-order chi connectivity index (χ1) is 37.3. The lowest BCUT2D eigenvalue weighted by molar-refractivity contribution is -0.115. The molecule has 2 aromatic heterocycles. The second-order valence-corrected chi connectivity index (χ2v) is 20.2. The Morgan fingerprint density at radius 2 is 1.05 bits per heavy atom. The van der Waals surface area contributed by atoms with E-state index in [1.54, 1.807) is 117 Å². The number of halogens is 2. The molecule has 2 aliphatic heterocycles. The molecule has 0 atom stereocenters. The van der Waals surface area contributed by atoms with Crippen LogP contribution in [0.25, 0.3) is 34.8 Å². The topological polar surface area (TPSA) is 234 Å². The third kappa shape index (κ3) is 12.0. The number of hydrogen-bond donors (Lipinski definition) is 3. The van der Waals surface area contributed by atoms with Crippen LogP contribution in [0, 0.1) is 25.2 Å². The number of nitriles is 1. The van der Waals surface area contributed by atoms with Crippen molar-refractivity contribution in [3.63, 3.8) is 0 Å². The standard InChI is InChI=1S/C30H21ClN4O3.C29H23ClN4O5S/c1-18-5-3-7-22(13-18)33-29(36)26-15-21(9-11-27(26)31)28-12-10-24(38-28)16-25-19(2)34-35(30(25)37)23-8-4-6-20(14-23)17-32;1-17-4-3-5-20(14-17)32-28(35)25-15-19(6-12-26(25)30)27-13-9-22(39-27)16-24-18(2)33-34(29(24)36)21-7-10-23(11-8-21)40(31,37)38/h3-16H,1-2H3,(H,33,36);3-16H,1-2H3,(H,32,35)(H2,31,37,38)/b25-16-;24-16-. The van der Waals surface area contributed by atoms with Gasteiger partial charge >= 0.3 is 0 Å². The summed E-state index contributed by atoms with van der Waals surface area (Å²) in [7, 11) is -3.86. The van der Waals surface area contributed by atoms with Gasteiger partial charge in [-0.25, -0.2) is 13.6 Å². The van der Waals surface area contributed by atoms with Crippen LogP contribution in [0.4, 0.5) is 22.7 Å². The van der Waals surface area contributed by atoms with E-state index in [-0.39, 0.29) is 28.2 Å². The summed E-state index contributed by atoms with van der Waals surface area (Å²) < 4.78 is 35.0. The quantitative estimate of drug-likeness (QED) is 0.104. The number of furan rings is 2. The predicted octanol–water partition coefficient (Wildman–Crippen LogP) is 12.5. The average Bonchev–Trinajstić information content (AvgIpc) is 4.22. The minimum Gasteiger partial charge on any atom is -0.457 e. The van der Waals surface area contributed by atoms with Crippen molar-refractivity contribution < 1.29 is 36.4 Å². The highest BCUT2D eigenvalue weighted by atomic mass is 35.5. The molecular formula is C59H44Cl2N8O8S. The number of hydrazone groups is 2. The lowest BCUT2D eigenvalue weighted by atomic mass is 10.1. The second-order valence-electron chi connectivity index (χ2n) is 17.9. The normalized spacial score (nSPS) is 14.2. The maximum absolute atomic E-state index is 13.1. The molecular weight excluding hydrogens is 1050 g/mol. The third-order valence-corrected chi connectivity index (χ3v) is 13.7. The number of anilines is 4. The average molecular weight is 1100 g/mol. The van der Waals surface area contributed by atoms with Gasteiger partial charge in [0.2, 0.25) is 10.0 Å². The van der Waals surface area contributed by atoms with Crippen molar-refractivity contribution >= 4 is 103 Å². The first-order valence-corrected chi connectivity index (χ1v) is 26.0. The Hall–Kier alpha value is -9.44. The molecule has 16 nitrogen and oxygen atoms in total. The summed E-state index contributed by atoms with van der Waals surface area (Å²) in [5, 5.41) is 31.8. The molecule has 0 bridgehead atoms. The van der Waals surface area contributed by atoms with Crippen LogP contribution in [0.2, 0.25) is 10.0 Å². The van der Waals surface area contributed by atoms with E-state index in [0.29, 0.717) is 101 Å². The molecule has 0 aliphatic carbocycles. The number of nitrogens with two attached hydrogens (primary N) is 1. The van der Waals surface area contributed by atoms with Crippen molar-refractivity contribution in [3.8, 4) is 28.7 Å². The molecule has 0 fully saturated rings. The van der Waals surface area contributed by atoms with E-state index in [9.17, 15) is 27.6 Å². The molecule has 6 aromatic carbocycles. The van der Waals surface area contributed by atoms with Crippen LogP contribution < -0.4 is 25.8 Å². The fourth-order valence-electron chi connectivity index (χ4n) is 8.21. The van der Waals surface area contributed by atoms with Crippen LogP contribution in [-0.2, 0) is 19.6 Å². The van der Waals surface area contributed by atoms with E-state index in [2.05, 4.69) is 26.9 Å². The van der Waals surface area contributed by atoms with Crippen molar-refractivity contribution in [1.29, 1.82) is 5.26 Å². The van der Waals surface area contributed by atoms with Crippen molar-refractivity contribution in [3.05, 3.63) is 218 Å². The Morgan fingerprint density at radius 3 is 1.50 bits per heavy atom. The zero-order valence-corrected chi connectivity index (χ0v) is 44.2. The van der Waals surface area contributed by atoms with Gasteiger partial charge in [0.1, 0.15) is 23.0 Å². The van der Waals surface area contributed by atoms with Gasteiger partial charge in [0.15, 0.2) is 0 Å². The van der Waals surface area contributed by atoms with Crippen LogP contribution >= 0.6 is 23.2 Å². The Morgan fingerprint density at radius 1 is 0.590 bits per heavy atom. The summed E-state index contributed by atoms with van der Waals surface area (Å²) in [5.41, 5.74) is 8.26. The smallest absolute Gasteiger partial charge is 0.280 e. The molecule has 0 spiro atoms. The first-order valence-electron chi connectivity index (χ1n) is 23.7. The van der Waals surface area contributed by atoms with E-state index in [4.69, 9.17) is 42.4 Å². The number of nitrogens with one attached hydrogen (secondary N) is 2. The largest absolute Gasteiger partial charge is 0.457 e. The molecule has 0 saturated heterocycles. The van der Waals surface area contributed by atoms with Crippen molar-refractivity contribution in [1.82, 2.24) is 0 Å². The molecule has 4 N–H and O–H groups in total. The van der Waals surface area contributed by atoms with Crippen LogP contribution in [0.5, 0.6) is 0 Å². The number of aryl methyl sites for hydroxylation is 2. The SMILES string of the molecule is CC1=NN(c2ccc(S(N)(=O)=O)cc2)C(=O)/C1=C\c1ccc(-c2ccc(Cl)c(C(=O)Nc3cccc(C)c3)c2)o1.CC1=NN(c2cccc(C#N)c2)C(=O)/C1=C\c1ccc(-c2ccc(Cl)c(C(=O)Nc3cccc(C)c3)c2)o1. The van der Waals surface area contributed by atoms with Gasteiger partial charge in [-0.3, -0.25) is 19.2 Å². The minimum atomic E-state index is -3.86. The van der Waals surface area contributed by atoms with Gasteiger partial charge in [-0.1, -0.05) is 53.5 Å². The number of sulfonamides is 1. The van der Waals surface area contributed by atoms with E-state index < -0.39 is 15.9 Å². The third-order valence-electron chi connectivity index (χ3n) is 12.1. The fourth-order valence-corrected chi connectivity index (χ4v) is 9.13. The van der Waals surface area contributed by atoms with Crippen LogP contribution in [0.3, 0.4) is 0 Å². The monoisotopic (exact) mass is 1090 g/mol.